The summed E-state index contributed by atoms with van der Waals surface area (Å²) in [7, 11) is 1.63. The van der Waals surface area contributed by atoms with E-state index in [-0.39, 0.29) is 6.61 Å². The standard InChI is InChI=1S/C14H16N2O2S/c1-18-12-4-5-13(11(7-12)8-15)19-14-10(9-17)3-2-6-16-14/h2-7,17H,8-9,15H2,1H3. The van der Waals surface area contributed by atoms with Gasteiger partial charge < -0.3 is 15.6 Å². The zero-order chi connectivity index (χ0) is 13.7. The van der Waals surface area contributed by atoms with Gasteiger partial charge >= 0.3 is 0 Å². The number of aromatic nitrogens is 1. The fraction of sp³-hybridized carbons (Fsp3) is 0.214. The zero-order valence-electron chi connectivity index (χ0n) is 10.7. The molecule has 0 saturated heterocycles. The summed E-state index contributed by atoms with van der Waals surface area (Å²) in [5.41, 5.74) is 7.57. The first-order valence-corrected chi connectivity index (χ1v) is 6.69. The van der Waals surface area contributed by atoms with Crippen LogP contribution in [0.3, 0.4) is 0 Å². The summed E-state index contributed by atoms with van der Waals surface area (Å²) >= 11 is 1.50. The minimum atomic E-state index is -0.0235. The Bertz CT molecular complexity index is 561. The molecule has 0 aliphatic heterocycles. The third kappa shape index (κ3) is 3.26. The number of hydrogen-bond donors (Lipinski definition) is 2. The van der Waals surface area contributed by atoms with Crippen molar-refractivity contribution < 1.29 is 9.84 Å². The van der Waals surface area contributed by atoms with Crippen molar-refractivity contribution >= 4 is 11.8 Å². The molecule has 19 heavy (non-hydrogen) atoms. The maximum absolute atomic E-state index is 9.31. The van der Waals surface area contributed by atoms with Crippen LogP contribution in [0.5, 0.6) is 5.75 Å². The molecule has 0 aliphatic rings. The van der Waals surface area contributed by atoms with Crippen molar-refractivity contribution in [2.45, 2.75) is 23.1 Å². The molecule has 100 valence electrons. The van der Waals surface area contributed by atoms with E-state index in [2.05, 4.69) is 4.98 Å². The fourth-order valence-corrected chi connectivity index (χ4v) is 2.68. The highest BCUT2D eigenvalue weighted by Gasteiger charge is 2.09. The summed E-state index contributed by atoms with van der Waals surface area (Å²) < 4.78 is 5.19. The molecule has 2 aromatic rings. The van der Waals surface area contributed by atoms with Gasteiger partial charge in [-0.2, -0.15) is 0 Å². The van der Waals surface area contributed by atoms with Crippen molar-refractivity contribution in [3.05, 3.63) is 47.7 Å². The van der Waals surface area contributed by atoms with Gasteiger partial charge in [-0.1, -0.05) is 17.8 Å². The molecule has 0 saturated carbocycles. The average molecular weight is 276 g/mol. The van der Waals surface area contributed by atoms with E-state index in [4.69, 9.17) is 10.5 Å². The highest BCUT2D eigenvalue weighted by Crippen LogP contribution is 2.33. The summed E-state index contributed by atoms with van der Waals surface area (Å²) in [5.74, 6) is 0.785. The molecule has 0 radical (unpaired) electrons. The number of aliphatic hydroxyl groups excluding tert-OH is 1. The molecule has 0 amide bonds. The van der Waals surface area contributed by atoms with Crippen molar-refractivity contribution in [3.8, 4) is 5.75 Å². The van der Waals surface area contributed by atoms with Crippen molar-refractivity contribution in [1.82, 2.24) is 4.98 Å². The smallest absolute Gasteiger partial charge is 0.119 e. The molecular weight excluding hydrogens is 260 g/mol. The number of pyridine rings is 1. The third-order valence-electron chi connectivity index (χ3n) is 2.71. The van der Waals surface area contributed by atoms with Crippen LogP contribution < -0.4 is 10.5 Å². The predicted octanol–water partition coefficient (Wildman–Crippen LogP) is 2.19. The van der Waals surface area contributed by atoms with Crippen LogP contribution in [0, 0.1) is 0 Å². The van der Waals surface area contributed by atoms with Gasteiger partial charge in [-0.15, -0.1) is 0 Å². The summed E-state index contributed by atoms with van der Waals surface area (Å²) in [5, 5.41) is 10.1. The molecule has 0 spiro atoms. The van der Waals surface area contributed by atoms with E-state index in [9.17, 15) is 5.11 Å². The first-order valence-electron chi connectivity index (χ1n) is 5.88. The third-order valence-corrected chi connectivity index (χ3v) is 3.89. The van der Waals surface area contributed by atoms with Gasteiger partial charge in [0.05, 0.1) is 13.7 Å². The molecule has 1 aromatic heterocycles. The zero-order valence-corrected chi connectivity index (χ0v) is 11.5. The number of ether oxygens (including phenoxy) is 1. The Hall–Kier alpha value is -1.56. The van der Waals surface area contributed by atoms with Crippen LogP contribution in [0.1, 0.15) is 11.1 Å². The quantitative estimate of drug-likeness (QED) is 0.876. The summed E-state index contributed by atoms with van der Waals surface area (Å²) in [6.45, 7) is 0.408. The van der Waals surface area contributed by atoms with Crippen molar-refractivity contribution in [2.24, 2.45) is 5.73 Å². The van der Waals surface area contributed by atoms with Gasteiger partial charge in [-0.05, 0) is 29.8 Å². The van der Waals surface area contributed by atoms with Crippen molar-refractivity contribution in [3.63, 3.8) is 0 Å². The Morgan fingerprint density at radius 3 is 2.84 bits per heavy atom. The van der Waals surface area contributed by atoms with Crippen LogP contribution in [-0.4, -0.2) is 17.2 Å². The second kappa shape index (κ2) is 6.56. The van der Waals surface area contributed by atoms with E-state index < -0.39 is 0 Å². The SMILES string of the molecule is COc1ccc(Sc2ncccc2CO)c(CN)c1. The number of nitrogens with zero attached hydrogens (tertiary/aromatic N) is 1. The fourth-order valence-electron chi connectivity index (χ4n) is 1.68. The van der Waals surface area contributed by atoms with Gasteiger partial charge in [-0.25, -0.2) is 4.98 Å². The van der Waals surface area contributed by atoms with Crippen molar-refractivity contribution in [1.29, 1.82) is 0 Å². The van der Waals surface area contributed by atoms with Crippen LogP contribution in [0.4, 0.5) is 0 Å². The molecule has 0 unspecified atom stereocenters. The molecule has 4 nitrogen and oxygen atoms in total. The molecule has 1 heterocycles. The van der Waals surface area contributed by atoms with E-state index >= 15 is 0 Å². The molecule has 0 bridgehead atoms. The summed E-state index contributed by atoms with van der Waals surface area (Å²) in [6, 6.07) is 9.45. The van der Waals surface area contributed by atoms with E-state index in [0.29, 0.717) is 6.54 Å². The Morgan fingerprint density at radius 2 is 2.16 bits per heavy atom. The first-order chi connectivity index (χ1) is 9.28. The second-order valence-corrected chi connectivity index (χ2v) is 4.94. The van der Waals surface area contributed by atoms with Gasteiger partial charge in [0, 0.05) is 23.2 Å². The lowest BCUT2D eigenvalue weighted by molar-refractivity contribution is 0.278. The van der Waals surface area contributed by atoms with E-state index in [1.54, 1.807) is 13.3 Å². The minimum Gasteiger partial charge on any atom is -0.497 e. The highest BCUT2D eigenvalue weighted by atomic mass is 32.2. The highest BCUT2D eigenvalue weighted by molar-refractivity contribution is 7.99. The normalized spacial score (nSPS) is 10.5. The van der Waals surface area contributed by atoms with Crippen LogP contribution in [0.25, 0.3) is 0 Å². The molecule has 0 fully saturated rings. The van der Waals surface area contributed by atoms with Gasteiger partial charge in [0.25, 0.3) is 0 Å². The van der Waals surface area contributed by atoms with E-state index in [1.165, 1.54) is 11.8 Å². The Morgan fingerprint density at radius 1 is 1.32 bits per heavy atom. The molecule has 2 rings (SSSR count). The number of aliphatic hydroxyl groups is 1. The first kappa shape index (κ1) is 13.9. The molecule has 1 aromatic carbocycles. The Kier molecular flexibility index (Phi) is 4.79. The number of nitrogens with two attached hydrogens (primary N) is 1. The molecule has 0 aliphatic carbocycles. The minimum absolute atomic E-state index is 0.0235. The molecule has 0 atom stereocenters. The predicted molar refractivity (Wildman–Crippen MR) is 75.2 cm³/mol. The maximum atomic E-state index is 9.31. The lowest BCUT2D eigenvalue weighted by Gasteiger charge is -2.10. The lowest BCUT2D eigenvalue weighted by Crippen LogP contribution is -2.00. The monoisotopic (exact) mass is 276 g/mol. The largest absolute Gasteiger partial charge is 0.497 e. The Balaban J connectivity index is 2.32. The number of hydrogen-bond acceptors (Lipinski definition) is 5. The topological polar surface area (TPSA) is 68.4 Å². The lowest BCUT2D eigenvalue weighted by atomic mass is 10.2. The molecule has 5 heteroatoms. The van der Waals surface area contributed by atoms with Crippen LogP contribution >= 0.6 is 11.8 Å². The average Bonchev–Trinajstić information content (AvgIpc) is 2.48. The van der Waals surface area contributed by atoms with Gasteiger partial charge in [0.15, 0.2) is 0 Å². The summed E-state index contributed by atoms with van der Waals surface area (Å²) in [4.78, 5) is 5.32. The molecular formula is C14H16N2O2S. The van der Waals surface area contributed by atoms with Crippen LogP contribution in [-0.2, 0) is 13.2 Å². The second-order valence-electron chi connectivity index (χ2n) is 3.91. The van der Waals surface area contributed by atoms with Crippen LogP contribution in [0.15, 0.2) is 46.5 Å². The number of methoxy groups -OCH3 is 1. The molecule has 3 N–H and O–H groups in total. The van der Waals surface area contributed by atoms with Gasteiger partial charge in [0.1, 0.15) is 10.8 Å². The number of benzene rings is 1. The van der Waals surface area contributed by atoms with Gasteiger partial charge in [-0.3, -0.25) is 0 Å². The van der Waals surface area contributed by atoms with Gasteiger partial charge in [0.2, 0.25) is 0 Å². The summed E-state index contributed by atoms with van der Waals surface area (Å²) in [6.07, 6.45) is 1.72. The van der Waals surface area contributed by atoms with E-state index in [0.717, 1.165) is 26.8 Å². The maximum Gasteiger partial charge on any atom is 0.119 e. The van der Waals surface area contributed by atoms with E-state index in [1.807, 2.05) is 30.3 Å². The van der Waals surface area contributed by atoms with Crippen molar-refractivity contribution in [2.75, 3.05) is 7.11 Å². The Labute approximate surface area is 116 Å². The van der Waals surface area contributed by atoms with Crippen LogP contribution in [0.2, 0.25) is 0 Å². The number of rotatable bonds is 5.